The summed E-state index contributed by atoms with van der Waals surface area (Å²) in [5.41, 5.74) is 17.7. The molecule has 4 aliphatic rings. The second-order valence-corrected chi connectivity index (χ2v) is 17.0. The summed E-state index contributed by atoms with van der Waals surface area (Å²) in [6.07, 6.45) is 0. The molecular formula is C56H35NOS. The first-order valence-corrected chi connectivity index (χ1v) is 21.2. The lowest BCUT2D eigenvalue weighted by molar-refractivity contribution is 0.436. The molecule has 9 aromatic rings. The molecule has 0 N–H and O–H groups in total. The van der Waals surface area contributed by atoms with Gasteiger partial charge in [0.2, 0.25) is 0 Å². The lowest BCUT2D eigenvalue weighted by Crippen LogP contribution is -2.32. The van der Waals surface area contributed by atoms with Crippen molar-refractivity contribution < 1.29 is 4.74 Å². The third-order valence-electron chi connectivity index (χ3n) is 13.2. The SMILES string of the molecule is c1ccc(N(c2ccc3c(c2)-c2ccccc2C32c3ccccc3Oc3ccccc32)c2cccc3c2-c2ccccc2C32c3ccccc3Sc3ccccc32)cc1. The Morgan fingerprint density at radius 3 is 1.51 bits per heavy atom. The molecule has 0 saturated carbocycles. The Morgan fingerprint density at radius 1 is 0.339 bits per heavy atom. The van der Waals surface area contributed by atoms with Crippen molar-refractivity contribution in [3.8, 4) is 33.8 Å². The van der Waals surface area contributed by atoms with E-state index >= 15 is 0 Å². The molecule has 0 atom stereocenters. The van der Waals surface area contributed by atoms with Gasteiger partial charge in [0.25, 0.3) is 0 Å². The van der Waals surface area contributed by atoms with Gasteiger partial charge in [-0.3, -0.25) is 0 Å². The average Bonchev–Trinajstić information content (AvgIpc) is 3.76. The number of hydrogen-bond donors (Lipinski definition) is 0. The first-order chi connectivity index (χ1) is 29.3. The molecule has 0 saturated heterocycles. The van der Waals surface area contributed by atoms with Crippen LogP contribution in [-0.4, -0.2) is 0 Å². The van der Waals surface area contributed by atoms with Crippen LogP contribution in [0.2, 0.25) is 0 Å². The van der Waals surface area contributed by atoms with Gasteiger partial charge in [-0.2, -0.15) is 0 Å². The number of nitrogens with zero attached hydrogens (tertiary/aromatic N) is 1. The summed E-state index contributed by atoms with van der Waals surface area (Å²) in [4.78, 5) is 5.10. The first-order valence-electron chi connectivity index (χ1n) is 20.3. The first kappa shape index (κ1) is 33.0. The molecule has 2 aliphatic heterocycles. The number of anilines is 3. The van der Waals surface area contributed by atoms with Crippen LogP contribution in [0.5, 0.6) is 11.5 Å². The van der Waals surface area contributed by atoms with Crippen molar-refractivity contribution in [3.63, 3.8) is 0 Å². The van der Waals surface area contributed by atoms with E-state index < -0.39 is 10.8 Å². The van der Waals surface area contributed by atoms with Crippen LogP contribution >= 0.6 is 11.8 Å². The normalized spacial score (nSPS) is 14.8. The molecule has 2 nitrogen and oxygen atoms in total. The average molecular weight is 770 g/mol. The van der Waals surface area contributed by atoms with E-state index in [-0.39, 0.29) is 0 Å². The van der Waals surface area contributed by atoms with Crippen LogP contribution in [0.3, 0.4) is 0 Å². The monoisotopic (exact) mass is 769 g/mol. The van der Waals surface area contributed by atoms with Crippen LogP contribution < -0.4 is 9.64 Å². The molecule has 13 rings (SSSR count). The molecular weight excluding hydrogens is 735 g/mol. The maximum atomic E-state index is 6.63. The van der Waals surface area contributed by atoms with Crippen molar-refractivity contribution in [1.82, 2.24) is 0 Å². The summed E-state index contributed by atoms with van der Waals surface area (Å²) in [5.74, 6) is 1.81. The Hall–Kier alpha value is -7.07. The summed E-state index contributed by atoms with van der Waals surface area (Å²) < 4.78 is 6.63. The third-order valence-corrected chi connectivity index (χ3v) is 14.3. The molecule has 0 unspecified atom stereocenters. The van der Waals surface area contributed by atoms with Gasteiger partial charge in [0.05, 0.1) is 16.5 Å². The minimum Gasteiger partial charge on any atom is -0.457 e. The van der Waals surface area contributed by atoms with Gasteiger partial charge in [-0.1, -0.05) is 169 Å². The number of fused-ring (bicyclic) bond motifs is 18. The number of ether oxygens (including phenoxy) is 1. The van der Waals surface area contributed by atoms with Crippen LogP contribution in [0, 0.1) is 0 Å². The van der Waals surface area contributed by atoms with Crippen LogP contribution in [-0.2, 0) is 10.8 Å². The van der Waals surface area contributed by atoms with Gasteiger partial charge in [0.1, 0.15) is 11.5 Å². The lowest BCUT2D eigenvalue weighted by atomic mass is 9.66. The Balaban J connectivity index is 1.09. The zero-order valence-electron chi connectivity index (χ0n) is 32.0. The van der Waals surface area contributed by atoms with Crippen molar-refractivity contribution in [2.45, 2.75) is 20.6 Å². The molecule has 2 aliphatic carbocycles. The minimum atomic E-state index is -0.521. The zero-order chi connectivity index (χ0) is 38.7. The maximum absolute atomic E-state index is 6.63. The van der Waals surface area contributed by atoms with Crippen molar-refractivity contribution in [2.24, 2.45) is 0 Å². The quantitative estimate of drug-likeness (QED) is 0.178. The highest BCUT2D eigenvalue weighted by Gasteiger charge is 2.53. The fraction of sp³-hybridized carbons (Fsp3) is 0.0357. The molecule has 2 heterocycles. The van der Waals surface area contributed by atoms with Gasteiger partial charge in [0.15, 0.2) is 0 Å². The maximum Gasteiger partial charge on any atom is 0.132 e. The van der Waals surface area contributed by atoms with Crippen LogP contribution in [0.15, 0.2) is 222 Å². The third kappa shape index (κ3) is 4.22. The van der Waals surface area contributed by atoms with E-state index in [1.54, 1.807) is 0 Å². The summed E-state index contributed by atoms with van der Waals surface area (Å²) in [6, 6.07) is 78.4. The van der Waals surface area contributed by atoms with Gasteiger partial charge < -0.3 is 9.64 Å². The highest BCUT2D eigenvalue weighted by atomic mass is 32.2. The fourth-order valence-electron chi connectivity index (χ4n) is 11.1. The van der Waals surface area contributed by atoms with Crippen molar-refractivity contribution in [1.29, 1.82) is 0 Å². The van der Waals surface area contributed by atoms with Crippen molar-refractivity contribution in [2.75, 3.05) is 4.90 Å². The van der Waals surface area contributed by atoms with E-state index in [9.17, 15) is 0 Å². The standard InChI is InChI=1S/C56H35NOS/c1-2-17-36(18-3-1)57(37-33-34-43-40(35-37)38-19-4-6-21-41(38)55(43)44-23-8-12-29-50(44)58-51-30-13-9-24-45(51)55)49-28-16-27-48-54(49)39-20-5-7-22-42(39)56(48)46-25-10-14-31-52(46)59-53-32-15-11-26-47(53)56/h1-35H. The predicted octanol–water partition coefficient (Wildman–Crippen LogP) is 14.5. The molecule has 59 heavy (non-hydrogen) atoms. The molecule has 0 fully saturated rings. The smallest absolute Gasteiger partial charge is 0.132 e. The summed E-state index contributed by atoms with van der Waals surface area (Å²) in [7, 11) is 0. The summed E-state index contributed by atoms with van der Waals surface area (Å²) in [6.45, 7) is 0. The van der Waals surface area contributed by atoms with Crippen LogP contribution in [0.1, 0.15) is 44.5 Å². The zero-order valence-corrected chi connectivity index (χ0v) is 32.8. The number of rotatable bonds is 3. The van der Waals surface area contributed by atoms with Gasteiger partial charge in [-0.15, -0.1) is 0 Å². The van der Waals surface area contributed by atoms with E-state index in [4.69, 9.17) is 4.74 Å². The summed E-state index contributed by atoms with van der Waals surface area (Å²) in [5, 5.41) is 0. The molecule has 276 valence electrons. The highest BCUT2D eigenvalue weighted by Crippen LogP contribution is 2.65. The highest BCUT2D eigenvalue weighted by molar-refractivity contribution is 7.99. The van der Waals surface area contributed by atoms with E-state index in [1.807, 2.05) is 11.8 Å². The van der Waals surface area contributed by atoms with Gasteiger partial charge >= 0.3 is 0 Å². The summed E-state index contributed by atoms with van der Waals surface area (Å²) >= 11 is 1.89. The Labute approximate surface area is 348 Å². The van der Waals surface area contributed by atoms with Crippen LogP contribution in [0.25, 0.3) is 22.3 Å². The van der Waals surface area contributed by atoms with E-state index in [2.05, 4.69) is 217 Å². The van der Waals surface area contributed by atoms with Crippen molar-refractivity contribution >= 4 is 28.8 Å². The molecule has 0 bridgehead atoms. The van der Waals surface area contributed by atoms with E-state index in [1.165, 1.54) is 76.6 Å². The fourth-order valence-corrected chi connectivity index (χ4v) is 12.3. The molecule has 0 amide bonds. The topological polar surface area (TPSA) is 12.5 Å². The minimum absolute atomic E-state index is 0.462. The van der Waals surface area contributed by atoms with E-state index in [0.717, 1.165) is 28.6 Å². The number of benzene rings is 9. The van der Waals surface area contributed by atoms with Crippen LogP contribution in [0.4, 0.5) is 17.1 Å². The molecule has 2 spiro atoms. The van der Waals surface area contributed by atoms with Gasteiger partial charge in [-0.25, -0.2) is 0 Å². The number of hydrogen-bond acceptors (Lipinski definition) is 3. The predicted molar refractivity (Wildman–Crippen MR) is 240 cm³/mol. The van der Waals surface area contributed by atoms with Gasteiger partial charge in [0, 0.05) is 37.9 Å². The second-order valence-electron chi connectivity index (χ2n) is 15.9. The lowest BCUT2D eigenvalue weighted by Gasteiger charge is -2.40. The second kappa shape index (κ2) is 12.2. The van der Waals surface area contributed by atoms with E-state index in [0.29, 0.717) is 0 Å². The Bertz CT molecular complexity index is 3110. The molecule has 0 aromatic heterocycles. The molecule has 3 heteroatoms. The Morgan fingerprint density at radius 2 is 0.831 bits per heavy atom. The number of para-hydroxylation sites is 3. The molecule has 0 radical (unpaired) electrons. The van der Waals surface area contributed by atoms with Gasteiger partial charge in [-0.05, 0) is 105 Å². The largest absolute Gasteiger partial charge is 0.457 e. The Kier molecular flexibility index (Phi) is 6.83. The molecule has 9 aromatic carbocycles. The van der Waals surface area contributed by atoms with Crippen molar-refractivity contribution in [3.05, 3.63) is 257 Å².